The van der Waals surface area contributed by atoms with Gasteiger partial charge in [-0.2, -0.15) is 13.2 Å². The summed E-state index contributed by atoms with van der Waals surface area (Å²) in [6.07, 6.45) is -1.70. The molecule has 1 fully saturated rings. The fourth-order valence-electron chi connectivity index (χ4n) is 3.34. The second-order valence-electron chi connectivity index (χ2n) is 8.04. The van der Waals surface area contributed by atoms with E-state index in [9.17, 15) is 27.2 Å². The molecule has 188 valence electrons. The van der Waals surface area contributed by atoms with Gasteiger partial charge in [-0.15, -0.1) is 0 Å². The number of nitrogens with two attached hydrogens (primary N) is 2. The lowest BCUT2D eigenvalue weighted by molar-refractivity contribution is -0.200. The van der Waals surface area contributed by atoms with Gasteiger partial charge in [-0.05, 0) is 25.5 Å². The van der Waals surface area contributed by atoms with E-state index in [4.69, 9.17) is 16.9 Å². The summed E-state index contributed by atoms with van der Waals surface area (Å²) in [5, 5.41) is 7.62. The van der Waals surface area contributed by atoms with Gasteiger partial charge in [0.05, 0.1) is 12.2 Å². The van der Waals surface area contributed by atoms with E-state index in [2.05, 4.69) is 14.7 Å². The number of allylic oxidation sites excluding steroid dienone is 3. The number of primary amides is 1. The molecule has 0 aromatic heterocycles. The van der Waals surface area contributed by atoms with Gasteiger partial charge in [0.2, 0.25) is 5.91 Å². The van der Waals surface area contributed by atoms with Crippen molar-refractivity contribution >= 4 is 30.3 Å². The Bertz CT molecular complexity index is 886. The first-order valence-corrected chi connectivity index (χ1v) is 10.6. The van der Waals surface area contributed by atoms with E-state index in [1.165, 1.54) is 18.4 Å². The molecular formula is C21H28F4N6O3. The van der Waals surface area contributed by atoms with Crippen molar-refractivity contribution in [3.63, 3.8) is 0 Å². The van der Waals surface area contributed by atoms with E-state index < -0.39 is 42.3 Å². The maximum atomic E-state index is 13.2. The summed E-state index contributed by atoms with van der Waals surface area (Å²) >= 11 is 0. The van der Waals surface area contributed by atoms with Crippen LogP contribution in [0.15, 0.2) is 33.9 Å². The minimum atomic E-state index is -4.66. The number of hydrogen-bond acceptors (Lipinski definition) is 6. The highest BCUT2D eigenvalue weighted by Gasteiger charge is 2.41. The van der Waals surface area contributed by atoms with Gasteiger partial charge in [0.25, 0.3) is 0 Å². The molecule has 1 heterocycles. The predicted octanol–water partition coefficient (Wildman–Crippen LogP) is 2.37. The quantitative estimate of drug-likeness (QED) is 0.273. The third kappa shape index (κ3) is 7.66. The number of carbonyl (C=O) groups is 2. The van der Waals surface area contributed by atoms with Crippen molar-refractivity contribution < 1.29 is 31.9 Å². The highest BCUT2D eigenvalue weighted by Crippen LogP contribution is 2.25. The molecule has 2 amide bonds. The van der Waals surface area contributed by atoms with Crippen LogP contribution < -0.4 is 11.5 Å². The Kier molecular flexibility index (Phi) is 9.33. The molecule has 0 aromatic rings. The summed E-state index contributed by atoms with van der Waals surface area (Å²) in [5.41, 5.74) is 11.7. The number of aliphatic imine (C=N–C) groups is 2. The molecule has 0 bridgehead atoms. The minimum absolute atomic E-state index is 0.0114. The van der Waals surface area contributed by atoms with Gasteiger partial charge in [0.15, 0.2) is 6.10 Å². The smallest absolute Gasteiger partial charge is 0.425 e. The number of rotatable bonds is 8. The van der Waals surface area contributed by atoms with Crippen LogP contribution in [0.2, 0.25) is 0 Å². The number of nitrogens with zero attached hydrogens (tertiary/aromatic N) is 3. The maximum absolute atomic E-state index is 13.2. The van der Waals surface area contributed by atoms with Crippen molar-refractivity contribution in [1.29, 1.82) is 5.41 Å². The Morgan fingerprint density at radius 3 is 2.62 bits per heavy atom. The molecule has 4 unspecified atom stereocenters. The molecule has 0 saturated carbocycles. The average Bonchev–Trinajstić information content (AvgIpc) is 2.77. The number of piperidine rings is 1. The van der Waals surface area contributed by atoms with Crippen molar-refractivity contribution in [3.8, 4) is 0 Å². The van der Waals surface area contributed by atoms with Gasteiger partial charge >= 0.3 is 12.3 Å². The first-order chi connectivity index (χ1) is 15.9. The normalized spacial score (nSPS) is 25.6. The first kappa shape index (κ1) is 27.0. The van der Waals surface area contributed by atoms with Crippen LogP contribution in [0.3, 0.4) is 0 Å². The van der Waals surface area contributed by atoms with Crippen molar-refractivity contribution in [2.75, 3.05) is 19.6 Å². The zero-order valence-electron chi connectivity index (χ0n) is 18.5. The van der Waals surface area contributed by atoms with Crippen LogP contribution in [0.5, 0.6) is 0 Å². The molecule has 2 rings (SSSR count). The first-order valence-electron chi connectivity index (χ1n) is 10.6. The number of likely N-dealkylation sites (tertiary alicyclic amines) is 1. The number of halogens is 4. The summed E-state index contributed by atoms with van der Waals surface area (Å²) in [7, 11) is 0. The monoisotopic (exact) mass is 488 g/mol. The fourth-order valence-corrected chi connectivity index (χ4v) is 3.34. The second kappa shape index (κ2) is 11.7. The Labute approximate surface area is 194 Å². The molecule has 2 aliphatic rings. The number of carbonyl (C=O) groups excluding carboxylic acids is 2. The van der Waals surface area contributed by atoms with E-state index in [0.29, 0.717) is 12.1 Å². The van der Waals surface area contributed by atoms with Crippen LogP contribution in [-0.2, 0) is 9.53 Å². The van der Waals surface area contributed by atoms with E-state index >= 15 is 0 Å². The number of amidine groups is 1. The van der Waals surface area contributed by atoms with Gasteiger partial charge in [-0.25, -0.2) is 14.2 Å². The second-order valence-corrected chi connectivity index (χ2v) is 8.04. The molecule has 9 nitrogen and oxygen atoms in total. The van der Waals surface area contributed by atoms with Gasteiger partial charge in [-0.3, -0.25) is 9.79 Å². The highest BCUT2D eigenvalue weighted by atomic mass is 19.4. The number of ether oxygens (including phenoxy) is 1. The molecule has 1 aliphatic heterocycles. The van der Waals surface area contributed by atoms with E-state index in [1.54, 1.807) is 6.08 Å². The van der Waals surface area contributed by atoms with E-state index in [1.807, 2.05) is 0 Å². The molecule has 5 atom stereocenters. The Morgan fingerprint density at radius 1 is 1.35 bits per heavy atom. The van der Waals surface area contributed by atoms with Crippen molar-refractivity contribution in [2.45, 2.75) is 38.2 Å². The Hall–Kier alpha value is -3.25. The Morgan fingerprint density at radius 2 is 2.06 bits per heavy atom. The standard InChI is InChI=1S/C21H28F4N6O3/c1-12(21(23,24)25)34-20(33)31-7-6-13(14(8-26)11-31)9-29-10-17(19(28)32)18(27)30-16-4-2-15(22)3-5-16/h2,4-5,8-9,12-15,17,26H,3,6-7,10-11H2,1H3,(H2,27,30)(H2,28,32)/t12?,13?,14-,15?,17?/m1/s1. The van der Waals surface area contributed by atoms with Crippen LogP contribution in [0.1, 0.15) is 19.8 Å². The fraction of sp³-hybridized carbons (Fsp3) is 0.571. The molecule has 34 heavy (non-hydrogen) atoms. The SMILES string of the molecule is CC(OC(=O)N1CCC(C=NCC(C(N)=O)C(N)=NC2=CCC(F)C=C2)[C@H](C=N)C1)C(F)(F)F. The van der Waals surface area contributed by atoms with Gasteiger partial charge in [0, 0.05) is 43.8 Å². The molecule has 0 radical (unpaired) electrons. The van der Waals surface area contributed by atoms with E-state index in [-0.39, 0.29) is 37.8 Å². The van der Waals surface area contributed by atoms with Crippen LogP contribution in [0.4, 0.5) is 22.4 Å². The van der Waals surface area contributed by atoms with E-state index in [0.717, 1.165) is 18.0 Å². The van der Waals surface area contributed by atoms with Crippen LogP contribution in [0.25, 0.3) is 0 Å². The molecule has 0 spiro atoms. The number of nitrogens with one attached hydrogen (secondary N) is 1. The van der Waals surface area contributed by atoms with Crippen LogP contribution in [0, 0.1) is 23.2 Å². The third-order valence-corrected chi connectivity index (χ3v) is 5.50. The van der Waals surface area contributed by atoms with Crippen LogP contribution >= 0.6 is 0 Å². The topological polar surface area (TPSA) is 147 Å². The van der Waals surface area contributed by atoms with Gasteiger partial charge < -0.3 is 26.5 Å². The minimum Gasteiger partial charge on any atom is -0.437 e. The number of alkyl halides is 4. The lowest BCUT2D eigenvalue weighted by atomic mass is 9.87. The summed E-state index contributed by atoms with van der Waals surface area (Å²) in [4.78, 5) is 33.3. The summed E-state index contributed by atoms with van der Waals surface area (Å²) in [6, 6.07) is 0. The lowest BCUT2D eigenvalue weighted by Crippen LogP contribution is -2.47. The lowest BCUT2D eigenvalue weighted by Gasteiger charge is -2.35. The molecule has 0 aromatic carbocycles. The van der Waals surface area contributed by atoms with Crippen molar-refractivity contribution in [1.82, 2.24) is 4.90 Å². The van der Waals surface area contributed by atoms with Gasteiger partial charge in [-0.1, -0.05) is 6.08 Å². The highest BCUT2D eigenvalue weighted by molar-refractivity contribution is 6.02. The van der Waals surface area contributed by atoms with Gasteiger partial charge in [0.1, 0.15) is 17.9 Å². The summed E-state index contributed by atoms with van der Waals surface area (Å²) < 4.78 is 55.5. The third-order valence-electron chi connectivity index (χ3n) is 5.50. The Balaban J connectivity index is 1.97. The largest absolute Gasteiger partial charge is 0.437 e. The number of amides is 2. The molecule has 13 heteroatoms. The maximum Gasteiger partial charge on any atom is 0.425 e. The zero-order valence-corrected chi connectivity index (χ0v) is 18.5. The molecule has 1 aliphatic carbocycles. The summed E-state index contributed by atoms with van der Waals surface area (Å²) in [6.45, 7) is 0.740. The zero-order chi connectivity index (χ0) is 25.5. The van der Waals surface area contributed by atoms with Crippen LogP contribution in [-0.4, -0.2) is 73.3 Å². The van der Waals surface area contributed by atoms with Crippen molar-refractivity contribution in [2.24, 2.45) is 39.2 Å². The molecular weight excluding hydrogens is 460 g/mol. The molecule has 1 saturated heterocycles. The predicted molar refractivity (Wildman–Crippen MR) is 118 cm³/mol. The number of hydrogen-bond donors (Lipinski definition) is 3. The molecule has 5 N–H and O–H groups in total. The average molecular weight is 488 g/mol. The van der Waals surface area contributed by atoms with Crippen molar-refractivity contribution in [3.05, 3.63) is 23.9 Å². The summed E-state index contributed by atoms with van der Waals surface area (Å²) in [5.74, 6) is -2.62.